The predicted octanol–water partition coefficient (Wildman–Crippen LogP) is 4.84. The molecule has 1 fully saturated rings. The normalized spacial score (nSPS) is 17.9. The molecule has 0 bridgehead atoms. The molecule has 0 unspecified atom stereocenters. The summed E-state index contributed by atoms with van der Waals surface area (Å²) in [5.74, 6) is 1.96. The number of carbonyl (C=O) groups excluding carboxylic acids is 1. The van der Waals surface area contributed by atoms with Crippen molar-refractivity contribution in [2.24, 2.45) is 7.05 Å². The lowest BCUT2D eigenvalue weighted by atomic mass is 9.95. The van der Waals surface area contributed by atoms with Crippen molar-refractivity contribution < 1.29 is 13.6 Å². The van der Waals surface area contributed by atoms with Crippen LogP contribution in [0.25, 0.3) is 33.4 Å². The van der Waals surface area contributed by atoms with E-state index >= 15 is 0 Å². The van der Waals surface area contributed by atoms with Crippen molar-refractivity contribution in [3.8, 4) is 22.5 Å². The number of imidazole rings is 1. The Labute approximate surface area is 237 Å². The van der Waals surface area contributed by atoms with Gasteiger partial charge in [-0.1, -0.05) is 18.7 Å². The fourth-order valence-corrected chi connectivity index (χ4v) is 6.23. The van der Waals surface area contributed by atoms with E-state index in [1.54, 1.807) is 42.1 Å². The van der Waals surface area contributed by atoms with Crippen molar-refractivity contribution in [2.75, 3.05) is 27.2 Å². The van der Waals surface area contributed by atoms with Crippen LogP contribution in [0.5, 0.6) is 0 Å². The summed E-state index contributed by atoms with van der Waals surface area (Å²) >= 11 is 0. The van der Waals surface area contributed by atoms with Gasteiger partial charge in [0.2, 0.25) is 5.91 Å². The number of likely N-dealkylation sites (tertiary alicyclic amines) is 1. The molecule has 1 saturated heterocycles. The number of benzene rings is 1. The van der Waals surface area contributed by atoms with E-state index in [2.05, 4.69) is 26.5 Å². The van der Waals surface area contributed by atoms with Crippen LogP contribution in [-0.2, 0) is 18.4 Å². The first-order chi connectivity index (χ1) is 19.7. The molecule has 0 saturated carbocycles. The number of likely N-dealkylation sites (N-methyl/N-ethyl adjacent to an activating group) is 1. The highest BCUT2D eigenvalue weighted by Crippen LogP contribution is 2.41. The molecule has 5 heterocycles. The van der Waals surface area contributed by atoms with Crippen molar-refractivity contribution in [2.45, 2.75) is 44.7 Å². The average molecular weight is 561 g/mol. The van der Waals surface area contributed by atoms with Gasteiger partial charge >= 0.3 is 0 Å². The van der Waals surface area contributed by atoms with Gasteiger partial charge in [0.05, 0.1) is 41.2 Å². The van der Waals surface area contributed by atoms with Gasteiger partial charge in [0, 0.05) is 68.4 Å². The molecule has 1 amide bonds. The number of carbonyl (C=O) groups is 1. The Morgan fingerprint density at radius 2 is 1.90 bits per heavy atom. The van der Waals surface area contributed by atoms with Gasteiger partial charge in [-0.3, -0.25) is 9.48 Å². The topological polar surface area (TPSA) is 84.1 Å². The van der Waals surface area contributed by atoms with E-state index in [0.29, 0.717) is 23.0 Å². The lowest BCUT2D eigenvalue weighted by molar-refractivity contribution is -0.135. The monoisotopic (exact) mass is 560 g/mol. The van der Waals surface area contributed by atoms with Crippen LogP contribution in [0.4, 0.5) is 8.78 Å². The zero-order chi connectivity index (χ0) is 29.0. The molecule has 1 N–H and O–H groups in total. The third kappa shape index (κ3) is 4.53. The smallest absolute Gasteiger partial charge is 0.265 e. The van der Waals surface area contributed by atoms with Crippen LogP contribution in [0, 0.1) is 0 Å². The Morgan fingerprint density at radius 1 is 1.15 bits per heavy atom. The highest BCUT2D eigenvalue weighted by atomic mass is 19.3. The Hall–Kier alpha value is -4.28. The van der Waals surface area contributed by atoms with E-state index in [1.165, 1.54) is 0 Å². The molecule has 6 rings (SSSR count). The van der Waals surface area contributed by atoms with Crippen molar-refractivity contribution in [1.29, 1.82) is 0 Å². The summed E-state index contributed by atoms with van der Waals surface area (Å²) in [6.45, 7) is 8.05. The highest BCUT2D eigenvalue weighted by Gasteiger charge is 2.36. The number of aryl methyl sites for hydroxylation is 1. The summed E-state index contributed by atoms with van der Waals surface area (Å²) in [7, 11) is 5.40. The zero-order valence-corrected chi connectivity index (χ0v) is 23.7. The number of alkyl halides is 2. The zero-order valence-electron chi connectivity index (χ0n) is 23.7. The predicted molar refractivity (Wildman–Crippen MR) is 153 cm³/mol. The summed E-state index contributed by atoms with van der Waals surface area (Å²) in [5.41, 5.74) is 3.58. The van der Waals surface area contributed by atoms with E-state index in [9.17, 15) is 13.6 Å². The molecule has 0 radical (unpaired) electrons. The fourth-order valence-electron chi connectivity index (χ4n) is 6.23. The van der Waals surface area contributed by atoms with Crippen LogP contribution in [0.2, 0.25) is 0 Å². The van der Waals surface area contributed by atoms with Gasteiger partial charge in [0.15, 0.2) is 0 Å². The first kappa shape index (κ1) is 26.9. The number of halogens is 2. The maximum atomic E-state index is 14.4. The second kappa shape index (κ2) is 10.3. The molecule has 2 aliphatic heterocycles. The van der Waals surface area contributed by atoms with E-state index < -0.39 is 12.5 Å². The van der Waals surface area contributed by atoms with Crippen LogP contribution < -0.4 is 5.32 Å². The molecule has 3 aromatic heterocycles. The van der Waals surface area contributed by atoms with Crippen molar-refractivity contribution in [1.82, 2.24) is 39.4 Å². The van der Waals surface area contributed by atoms with Crippen LogP contribution >= 0.6 is 0 Å². The van der Waals surface area contributed by atoms with Crippen LogP contribution in [0.3, 0.4) is 0 Å². The first-order valence-corrected chi connectivity index (χ1v) is 13.9. The molecule has 1 atom stereocenters. The van der Waals surface area contributed by atoms with E-state index in [4.69, 9.17) is 9.97 Å². The van der Waals surface area contributed by atoms with Crippen molar-refractivity contribution in [3.05, 3.63) is 66.1 Å². The van der Waals surface area contributed by atoms with Crippen LogP contribution in [-0.4, -0.2) is 67.2 Å². The SMILES string of the molecule is C=C(NC)N1CCC(c2nc(-c3cccc4nc(-c5cnn(C)c5)c(C(F)F)cc34)c3n2[C@@H](C)C(=O)N(C)C3)CC1. The van der Waals surface area contributed by atoms with Crippen molar-refractivity contribution >= 4 is 16.8 Å². The number of piperidine rings is 1. The third-order valence-electron chi connectivity index (χ3n) is 8.43. The molecule has 41 heavy (non-hydrogen) atoms. The number of fused-ring (bicyclic) bond motifs is 2. The highest BCUT2D eigenvalue weighted by molar-refractivity contribution is 5.96. The minimum Gasteiger partial charge on any atom is -0.375 e. The third-order valence-corrected chi connectivity index (χ3v) is 8.43. The molecule has 4 aromatic rings. The summed E-state index contributed by atoms with van der Waals surface area (Å²) in [4.78, 5) is 26.9. The quantitative estimate of drug-likeness (QED) is 0.364. The largest absolute Gasteiger partial charge is 0.375 e. The molecule has 2 aliphatic rings. The van der Waals surface area contributed by atoms with Gasteiger partial charge in [-0.15, -0.1) is 0 Å². The lowest BCUT2D eigenvalue weighted by Crippen LogP contribution is -2.41. The van der Waals surface area contributed by atoms with Crippen LogP contribution in [0.15, 0.2) is 49.1 Å². The second-order valence-electron chi connectivity index (χ2n) is 11.0. The van der Waals surface area contributed by atoms with E-state index in [-0.39, 0.29) is 23.1 Å². The van der Waals surface area contributed by atoms with Gasteiger partial charge < -0.3 is 19.7 Å². The number of rotatable bonds is 6. The number of pyridine rings is 1. The van der Waals surface area contributed by atoms with Crippen LogP contribution in [0.1, 0.15) is 55.2 Å². The number of nitrogens with one attached hydrogen (secondary N) is 1. The minimum atomic E-state index is -2.72. The molecule has 1 aromatic carbocycles. The number of nitrogens with zero attached hydrogens (tertiary/aromatic N) is 7. The van der Waals surface area contributed by atoms with Gasteiger partial charge in [0.25, 0.3) is 6.43 Å². The standard InChI is InChI=1S/C30H34F2N8O/c1-17-30(41)37(4)16-25-27(36-29(40(17)25)19-9-11-39(12-10-19)18(2)33-3)21-7-6-8-24-22(21)13-23(28(31)32)26(35-24)20-14-34-38(5)15-20/h6-8,13-15,17,19,28,33H,2,9-12,16H2,1,3-5H3/t17-/m0/s1. The Morgan fingerprint density at radius 3 is 2.56 bits per heavy atom. The van der Waals surface area contributed by atoms with Gasteiger partial charge in [0.1, 0.15) is 11.9 Å². The lowest BCUT2D eigenvalue weighted by Gasteiger charge is -2.36. The molecule has 9 nitrogen and oxygen atoms in total. The number of hydrogen-bond donors (Lipinski definition) is 1. The summed E-state index contributed by atoms with van der Waals surface area (Å²) < 4.78 is 32.5. The van der Waals surface area contributed by atoms with Gasteiger partial charge in [-0.2, -0.15) is 5.10 Å². The number of hydrogen-bond acceptors (Lipinski definition) is 6. The molecule has 11 heteroatoms. The maximum absolute atomic E-state index is 14.4. The van der Waals surface area contributed by atoms with Gasteiger partial charge in [-0.25, -0.2) is 18.7 Å². The molecule has 0 aliphatic carbocycles. The average Bonchev–Trinajstić information content (AvgIpc) is 3.58. The minimum absolute atomic E-state index is 0.0318. The Bertz CT molecular complexity index is 1650. The van der Waals surface area contributed by atoms with E-state index in [0.717, 1.165) is 54.5 Å². The molecule has 0 spiro atoms. The van der Waals surface area contributed by atoms with Crippen molar-refractivity contribution in [3.63, 3.8) is 0 Å². The summed E-state index contributed by atoms with van der Waals surface area (Å²) in [5, 5.41) is 7.88. The first-order valence-electron chi connectivity index (χ1n) is 13.9. The van der Waals surface area contributed by atoms with Gasteiger partial charge in [-0.05, 0) is 31.9 Å². The van der Waals surface area contributed by atoms with E-state index in [1.807, 2.05) is 32.2 Å². The Kier molecular flexibility index (Phi) is 6.75. The molecular weight excluding hydrogens is 526 g/mol. The Balaban J connectivity index is 1.50. The fraction of sp³-hybridized carbons (Fsp3) is 0.400. The summed E-state index contributed by atoms with van der Waals surface area (Å²) in [6.07, 6.45) is 2.26. The number of aromatic nitrogens is 5. The molecular formula is C30H34F2N8O. The number of amides is 1. The maximum Gasteiger partial charge on any atom is 0.265 e. The summed E-state index contributed by atoms with van der Waals surface area (Å²) in [6, 6.07) is 6.76. The second-order valence-corrected chi connectivity index (χ2v) is 11.0. The molecule has 214 valence electrons.